The van der Waals surface area contributed by atoms with Gasteiger partial charge in [-0.25, -0.2) is 9.78 Å². The topological polar surface area (TPSA) is 97.5 Å². The second kappa shape index (κ2) is 10.1. The number of primary amides is 1. The van der Waals surface area contributed by atoms with Crippen LogP contribution in [-0.4, -0.2) is 35.7 Å². The zero-order valence-electron chi connectivity index (χ0n) is 18.5. The van der Waals surface area contributed by atoms with Crippen molar-refractivity contribution in [3.63, 3.8) is 0 Å². The van der Waals surface area contributed by atoms with Crippen LogP contribution in [0.4, 0.5) is 16.3 Å². The van der Waals surface area contributed by atoms with E-state index in [1.54, 1.807) is 27.0 Å². The number of ether oxygens (including phenoxy) is 1. The van der Waals surface area contributed by atoms with Crippen molar-refractivity contribution in [2.45, 2.75) is 53.1 Å². The molecule has 1 aromatic heterocycles. The molecule has 7 heteroatoms. The second-order valence-electron chi connectivity index (χ2n) is 8.39. The maximum absolute atomic E-state index is 12.3. The molecule has 2 aromatic rings. The van der Waals surface area contributed by atoms with E-state index in [4.69, 9.17) is 5.73 Å². The lowest BCUT2D eigenvalue weighted by molar-refractivity contribution is 0.0600. The van der Waals surface area contributed by atoms with Gasteiger partial charge in [-0.1, -0.05) is 6.07 Å². The number of rotatable bonds is 3. The second-order valence-corrected chi connectivity index (χ2v) is 8.39. The first-order chi connectivity index (χ1) is 14.0. The minimum atomic E-state index is -0.725. The molecular formula is C23H32N4O3. The molecule has 1 aliphatic heterocycles. The van der Waals surface area contributed by atoms with Crippen LogP contribution in [-0.2, 0) is 4.74 Å². The smallest absolute Gasteiger partial charge is 0.405 e. The highest BCUT2D eigenvalue weighted by Gasteiger charge is 2.14. The lowest BCUT2D eigenvalue weighted by Crippen LogP contribution is -2.27. The molecule has 0 aliphatic carbocycles. The Morgan fingerprint density at radius 3 is 2.20 bits per heavy atom. The number of anilines is 2. The number of nitrogens with zero attached hydrogens (tertiary/aromatic N) is 2. The van der Waals surface area contributed by atoms with Crippen molar-refractivity contribution in [1.82, 2.24) is 4.98 Å². The number of aryl methyl sites for hydroxylation is 2. The molecule has 1 aliphatic rings. The van der Waals surface area contributed by atoms with E-state index in [2.05, 4.69) is 26.9 Å². The maximum atomic E-state index is 12.3. The summed E-state index contributed by atoms with van der Waals surface area (Å²) in [4.78, 5) is 29.0. The van der Waals surface area contributed by atoms with E-state index in [1.165, 1.54) is 24.0 Å². The van der Waals surface area contributed by atoms with Gasteiger partial charge in [-0.3, -0.25) is 4.79 Å². The fraction of sp³-hybridized carbons (Fsp3) is 0.435. The largest absolute Gasteiger partial charge is 0.444 e. The molecule has 2 amide bonds. The predicted octanol–water partition coefficient (Wildman–Crippen LogP) is 4.43. The average molecular weight is 413 g/mol. The van der Waals surface area contributed by atoms with Crippen LogP contribution in [0.3, 0.4) is 0 Å². The van der Waals surface area contributed by atoms with Crippen LogP contribution in [0.15, 0.2) is 36.5 Å². The molecule has 0 atom stereocenters. The highest BCUT2D eigenvalue weighted by molar-refractivity contribution is 6.04. The van der Waals surface area contributed by atoms with Crippen LogP contribution >= 0.6 is 0 Å². The van der Waals surface area contributed by atoms with Gasteiger partial charge in [-0.05, 0) is 82.9 Å². The predicted molar refractivity (Wildman–Crippen MR) is 120 cm³/mol. The summed E-state index contributed by atoms with van der Waals surface area (Å²) < 4.78 is 4.58. The van der Waals surface area contributed by atoms with Gasteiger partial charge >= 0.3 is 6.09 Å². The number of nitrogens with two attached hydrogens (primary N) is 1. The summed E-state index contributed by atoms with van der Waals surface area (Å²) >= 11 is 0. The van der Waals surface area contributed by atoms with Gasteiger partial charge in [0, 0.05) is 25.0 Å². The normalized spacial score (nSPS) is 13.3. The maximum Gasteiger partial charge on any atom is 0.405 e. The molecule has 7 nitrogen and oxygen atoms in total. The molecule has 3 N–H and O–H groups in total. The lowest BCUT2D eigenvalue weighted by Gasteiger charge is -2.16. The summed E-state index contributed by atoms with van der Waals surface area (Å²) in [5.74, 6) is 0.837. The van der Waals surface area contributed by atoms with Crippen molar-refractivity contribution < 1.29 is 14.3 Å². The third-order valence-electron chi connectivity index (χ3n) is 4.61. The van der Waals surface area contributed by atoms with Crippen LogP contribution in [0.1, 0.15) is 55.1 Å². The zero-order chi connectivity index (χ0) is 22.3. The number of nitrogens with one attached hydrogen (secondary N) is 1. The Morgan fingerprint density at radius 2 is 1.73 bits per heavy atom. The van der Waals surface area contributed by atoms with Crippen LogP contribution < -0.4 is 16.0 Å². The molecule has 0 bridgehead atoms. The quantitative estimate of drug-likeness (QED) is 0.777. The minimum absolute atomic E-state index is 0.122. The Morgan fingerprint density at radius 1 is 1.07 bits per heavy atom. The van der Waals surface area contributed by atoms with Crippen LogP contribution in [0.25, 0.3) is 0 Å². The summed E-state index contributed by atoms with van der Waals surface area (Å²) in [5, 5.41) is 2.92. The Labute approximate surface area is 178 Å². The first kappa shape index (κ1) is 23.2. The summed E-state index contributed by atoms with van der Waals surface area (Å²) in [6, 6.07) is 9.70. The first-order valence-electron chi connectivity index (χ1n) is 10.1. The molecule has 0 saturated carbocycles. The number of aromatic nitrogens is 1. The molecule has 162 valence electrons. The van der Waals surface area contributed by atoms with Crippen molar-refractivity contribution in [2.24, 2.45) is 5.73 Å². The zero-order valence-corrected chi connectivity index (χ0v) is 18.5. The molecule has 1 aromatic carbocycles. The molecular weight excluding hydrogens is 380 g/mol. The Bertz CT molecular complexity index is 867. The van der Waals surface area contributed by atoms with Gasteiger partial charge in [0.2, 0.25) is 0 Å². The minimum Gasteiger partial charge on any atom is -0.444 e. The van der Waals surface area contributed by atoms with E-state index in [-0.39, 0.29) is 5.91 Å². The molecule has 30 heavy (non-hydrogen) atoms. The summed E-state index contributed by atoms with van der Waals surface area (Å²) in [5.41, 5.74) is 8.05. The highest BCUT2D eigenvalue weighted by Crippen LogP contribution is 2.19. The van der Waals surface area contributed by atoms with Crippen molar-refractivity contribution >= 4 is 23.5 Å². The van der Waals surface area contributed by atoms with Gasteiger partial charge in [0.05, 0.1) is 5.56 Å². The van der Waals surface area contributed by atoms with E-state index in [0.717, 1.165) is 24.6 Å². The molecule has 2 heterocycles. The highest BCUT2D eigenvalue weighted by atomic mass is 16.6. The third-order valence-corrected chi connectivity index (χ3v) is 4.61. The molecule has 0 spiro atoms. The number of carbonyl (C=O) groups excluding carboxylic acids is 2. The summed E-state index contributed by atoms with van der Waals surface area (Å²) in [6.45, 7) is 11.5. The number of amides is 2. The Kier molecular flexibility index (Phi) is 7.80. The molecule has 1 fully saturated rings. The number of hydrogen-bond donors (Lipinski definition) is 2. The molecule has 1 saturated heterocycles. The third kappa shape index (κ3) is 7.39. The van der Waals surface area contributed by atoms with E-state index in [9.17, 15) is 9.59 Å². The Balaban J connectivity index is 0.000000343. The lowest BCUT2D eigenvalue weighted by atomic mass is 10.1. The average Bonchev–Trinajstić information content (AvgIpc) is 3.18. The SMILES string of the molecule is CC(C)(C)OC(N)=O.Cc1ccc(NC(=O)c2ccc(N3CCCC3)nc2)cc1C. The van der Waals surface area contributed by atoms with Gasteiger partial charge in [0.15, 0.2) is 0 Å². The van der Waals surface area contributed by atoms with Crippen molar-refractivity contribution in [2.75, 3.05) is 23.3 Å². The van der Waals surface area contributed by atoms with E-state index in [1.807, 2.05) is 37.3 Å². The molecule has 3 rings (SSSR count). The summed E-state index contributed by atoms with van der Waals surface area (Å²) in [6.07, 6.45) is 3.37. The van der Waals surface area contributed by atoms with Crippen LogP contribution in [0.5, 0.6) is 0 Å². The number of pyridine rings is 1. The van der Waals surface area contributed by atoms with E-state index in [0.29, 0.717) is 5.56 Å². The van der Waals surface area contributed by atoms with E-state index >= 15 is 0 Å². The van der Waals surface area contributed by atoms with Gasteiger partial charge in [-0.15, -0.1) is 0 Å². The number of hydrogen-bond acceptors (Lipinski definition) is 5. The monoisotopic (exact) mass is 412 g/mol. The molecule has 0 unspecified atom stereocenters. The Hall–Kier alpha value is -3.09. The molecule has 0 radical (unpaired) electrons. The number of benzene rings is 1. The van der Waals surface area contributed by atoms with Gasteiger partial charge < -0.3 is 20.7 Å². The first-order valence-corrected chi connectivity index (χ1v) is 10.1. The van der Waals surface area contributed by atoms with Crippen LogP contribution in [0, 0.1) is 13.8 Å². The van der Waals surface area contributed by atoms with Crippen molar-refractivity contribution in [1.29, 1.82) is 0 Å². The van der Waals surface area contributed by atoms with Crippen molar-refractivity contribution in [3.05, 3.63) is 53.2 Å². The van der Waals surface area contributed by atoms with Crippen LogP contribution in [0.2, 0.25) is 0 Å². The fourth-order valence-corrected chi connectivity index (χ4v) is 2.98. The van der Waals surface area contributed by atoms with Gasteiger partial charge in [0.25, 0.3) is 5.91 Å². The fourth-order valence-electron chi connectivity index (χ4n) is 2.98. The van der Waals surface area contributed by atoms with Gasteiger partial charge in [-0.2, -0.15) is 0 Å². The standard InChI is InChI=1S/C18H21N3O.C5H11NO2/c1-13-5-7-16(11-14(13)2)20-18(22)15-6-8-17(19-12-15)21-9-3-4-10-21;1-5(2,3)8-4(6)7/h5-8,11-12H,3-4,9-10H2,1-2H3,(H,20,22);1-3H3,(H2,6,7). The van der Waals surface area contributed by atoms with E-state index < -0.39 is 11.7 Å². The summed E-state index contributed by atoms with van der Waals surface area (Å²) in [7, 11) is 0. The number of carbonyl (C=O) groups is 2. The van der Waals surface area contributed by atoms with Gasteiger partial charge in [0.1, 0.15) is 11.4 Å². The van der Waals surface area contributed by atoms with Crippen molar-refractivity contribution in [3.8, 4) is 0 Å².